The van der Waals surface area contributed by atoms with Gasteiger partial charge in [0.15, 0.2) is 11.5 Å². The fraction of sp³-hybridized carbons (Fsp3) is 0.400. The van der Waals surface area contributed by atoms with Gasteiger partial charge in [-0.3, -0.25) is 0 Å². The summed E-state index contributed by atoms with van der Waals surface area (Å²) in [5.74, 6) is 1.89. The highest BCUT2D eigenvalue weighted by atomic mass is 35.5. The molecule has 1 aromatic carbocycles. The zero-order valence-corrected chi connectivity index (χ0v) is 12.8. The van der Waals surface area contributed by atoms with Crippen LogP contribution in [0.1, 0.15) is 18.5 Å². The monoisotopic (exact) mass is 307 g/mol. The number of imidazole rings is 1. The van der Waals surface area contributed by atoms with E-state index in [4.69, 9.17) is 21.1 Å². The third kappa shape index (κ3) is 3.14. The smallest absolute Gasteiger partial charge is 0.179 e. The van der Waals surface area contributed by atoms with E-state index in [0.29, 0.717) is 22.6 Å². The number of nitrogens with zero attached hydrogens (tertiary/aromatic N) is 1. The van der Waals surface area contributed by atoms with Gasteiger partial charge >= 0.3 is 0 Å². The minimum absolute atomic E-state index is 0.501. The first-order valence-corrected chi connectivity index (χ1v) is 7.28. The molecule has 112 valence electrons. The minimum Gasteiger partial charge on any atom is -0.493 e. The Bertz CT molecular complexity index is 638. The highest BCUT2D eigenvalue weighted by molar-refractivity contribution is 6.32. The van der Waals surface area contributed by atoms with Crippen molar-refractivity contribution >= 4 is 11.6 Å². The lowest BCUT2D eigenvalue weighted by atomic mass is 10.2. The number of hydrogen-bond donors (Lipinski definition) is 2. The van der Waals surface area contributed by atoms with E-state index in [0.717, 1.165) is 23.6 Å². The predicted octanol–water partition coefficient (Wildman–Crippen LogP) is 3.00. The summed E-state index contributed by atoms with van der Waals surface area (Å²) in [7, 11) is 3.16. The number of methoxy groups -OCH3 is 2. The van der Waals surface area contributed by atoms with Gasteiger partial charge in [0.25, 0.3) is 0 Å². The Morgan fingerprint density at radius 2 is 2.14 bits per heavy atom. The van der Waals surface area contributed by atoms with Crippen LogP contribution < -0.4 is 14.8 Å². The topological polar surface area (TPSA) is 59.2 Å². The molecule has 0 amide bonds. The minimum atomic E-state index is 0.501. The van der Waals surface area contributed by atoms with Crippen molar-refractivity contribution in [1.29, 1.82) is 0 Å². The van der Waals surface area contributed by atoms with Gasteiger partial charge in [0, 0.05) is 30.0 Å². The van der Waals surface area contributed by atoms with Gasteiger partial charge in [0.1, 0.15) is 5.82 Å². The Morgan fingerprint density at radius 1 is 1.33 bits per heavy atom. The molecular weight excluding hydrogens is 290 g/mol. The second-order valence-electron chi connectivity index (χ2n) is 5.11. The van der Waals surface area contributed by atoms with Crippen molar-refractivity contribution in [2.75, 3.05) is 14.2 Å². The molecule has 1 aliphatic carbocycles. The molecule has 5 nitrogen and oxygen atoms in total. The summed E-state index contributed by atoms with van der Waals surface area (Å²) in [5.41, 5.74) is 1.93. The van der Waals surface area contributed by atoms with E-state index in [-0.39, 0.29) is 0 Å². The Balaban J connectivity index is 1.83. The van der Waals surface area contributed by atoms with Crippen LogP contribution in [-0.4, -0.2) is 30.2 Å². The van der Waals surface area contributed by atoms with E-state index in [9.17, 15) is 0 Å². The maximum absolute atomic E-state index is 6.22. The van der Waals surface area contributed by atoms with Crippen LogP contribution >= 0.6 is 11.6 Å². The lowest BCUT2D eigenvalue weighted by molar-refractivity contribution is 0.355. The van der Waals surface area contributed by atoms with Gasteiger partial charge in [-0.15, -0.1) is 0 Å². The third-order valence-corrected chi connectivity index (χ3v) is 3.77. The molecule has 3 rings (SSSR count). The molecule has 0 aliphatic heterocycles. The summed E-state index contributed by atoms with van der Waals surface area (Å²) in [5, 5.41) is 3.95. The van der Waals surface area contributed by atoms with Crippen molar-refractivity contribution in [2.45, 2.75) is 25.4 Å². The van der Waals surface area contributed by atoms with Gasteiger partial charge in [-0.05, 0) is 25.0 Å². The van der Waals surface area contributed by atoms with Crippen molar-refractivity contribution in [2.24, 2.45) is 0 Å². The van der Waals surface area contributed by atoms with Crippen LogP contribution in [-0.2, 0) is 6.54 Å². The number of hydrogen-bond acceptors (Lipinski definition) is 4. The van der Waals surface area contributed by atoms with E-state index in [1.54, 1.807) is 14.2 Å². The molecule has 1 fully saturated rings. The molecule has 0 atom stereocenters. The van der Waals surface area contributed by atoms with Gasteiger partial charge in [-0.25, -0.2) is 4.98 Å². The lowest BCUT2D eigenvalue weighted by Gasteiger charge is -2.10. The normalized spacial score (nSPS) is 14.2. The largest absolute Gasteiger partial charge is 0.493 e. The number of aromatic amines is 1. The quantitative estimate of drug-likeness (QED) is 0.861. The van der Waals surface area contributed by atoms with Crippen LogP contribution in [0, 0.1) is 0 Å². The van der Waals surface area contributed by atoms with E-state index < -0.39 is 0 Å². The van der Waals surface area contributed by atoms with Gasteiger partial charge in [-0.2, -0.15) is 0 Å². The predicted molar refractivity (Wildman–Crippen MR) is 82.0 cm³/mol. The average Bonchev–Trinajstić information content (AvgIpc) is 3.20. The molecule has 2 N–H and O–H groups in total. The van der Waals surface area contributed by atoms with Crippen LogP contribution in [0.3, 0.4) is 0 Å². The molecule has 1 aromatic heterocycles. The number of rotatable bonds is 6. The second-order valence-corrected chi connectivity index (χ2v) is 5.51. The highest BCUT2D eigenvalue weighted by Crippen LogP contribution is 2.38. The zero-order valence-electron chi connectivity index (χ0n) is 12.1. The van der Waals surface area contributed by atoms with E-state index in [2.05, 4.69) is 15.3 Å². The molecule has 0 spiro atoms. The molecule has 0 bridgehead atoms. The van der Waals surface area contributed by atoms with Crippen LogP contribution in [0.2, 0.25) is 5.02 Å². The first-order valence-electron chi connectivity index (χ1n) is 6.90. The Labute approximate surface area is 128 Å². The Morgan fingerprint density at radius 3 is 2.81 bits per heavy atom. The molecule has 1 heterocycles. The summed E-state index contributed by atoms with van der Waals surface area (Å²) in [6.07, 6.45) is 4.38. The van der Waals surface area contributed by atoms with Crippen LogP contribution in [0.25, 0.3) is 11.4 Å². The summed E-state index contributed by atoms with van der Waals surface area (Å²) < 4.78 is 10.5. The SMILES string of the molecule is COc1cc(-c2ncc(CNC3CC3)[nH]2)cc(Cl)c1OC. The van der Waals surface area contributed by atoms with E-state index in [1.807, 2.05) is 18.3 Å². The zero-order chi connectivity index (χ0) is 14.8. The van der Waals surface area contributed by atoms with Gasteiger partial charge < -0.3 is 19.8 Å². The number of H-pyrrole nitrogens is 1. The molecule has 6 heteroatoms. The lowest BCUT2D eigenvalue weighted by Crippen LogP contribution is -2.15. The number of ether oxygens (including phenoxy) is 2. The van der Waals surface area contributed by atoms with Gasteiger partial charge in [0.05, 0.1) is 19.2 Å². The average molecular weight is 308 g/mol. The Hall–Kier alpha value is -1.72. The number of nitrogens with one attached hydrogen (secondary N) is 2. The third-order valence-electron chi connectivity index (χ3n) is 3.49. The summed E-state index contributed by atoms with van der Waals surface area (Å²) in [6.45, 7) is 0.804. The summed E-state index contributed by atoms with van der Waals surface area (Å²) in [6, 6.07) is 4.36. The molecule has 0 saturated heterocycles. The molecule has 0 radical (unpaired) electrons. The van der Waals surface area contributed by atoms with E-state index >= 15 is 0 Å². The highest BCUT2D eigenvalue weighted by Gasteiger charge is 2.20. The molecule has 1 aliphatic rings. The Kier molecular flexibility index (Phi) is 4.03. The first kappa shape index (κ1) is 14.2. The molecule has 0 unspecified atom stereocenters. The van der Waals surface area contributed by atoms with Gasteiger partial charge in [-0.1, -0.05) is 11.6 Å². The standard InChI is InChI=1S/C15H18ClN3O2/c1-20-13-6-9(5-12(16)14(13)21-2)15-18-8-11(19-15)7-17-10-3-4-10/h5-6,8,10,17H,3-4,7H2,1-2H3,(H,18,19). The molecule has 21 heavy (non-hydrogen) atoms. The molecule has 2 aromatic rings. The molecule has 1 saturated carbocycles. The maximum atomic E-state index is 6.22. The summed E-state index contributed by atoms with van der Waals surface area (Å²) in [4.78, 5) is 7.71. The first-order chi connectivity index (χ1) is 10.2. The van der Waals surface area contributed by atoms with Crippen molar-refractivity contribution in [1.82, 2.24) is 15.3 Å². The van der Waals surface area contributed by atoms with Crippen LogP contribution in [0.4, 0.5) is 0 Å². The second kappa shape index (κ2) is 5.95. The van der Waals surface area contributed by atoms with Gasteiger partial charge in [0.2, 0.25) is 0 Å². The van der Waals surface area contributed by atoms with Crippen LogP contribution in [0.5, 0.6) is 11.5 Å². The van der Waals surface area contributed by atoms with Crippen molar-refractivity contribution in [3.8, 4) is 22.9 Å². The van der Waals surface area contributed by atoms with E-state index in [1.165, 1.54) is 12.8 Å². The van der Waals surface area contributed by atoms with Crippen LogP contribution in [0.15, 0.2) is 18.3 Å². The van der Waals surface area contributed by atoms with Crippen molar-refractivity contribution in [3.05, 3.63) is 29.0 Å². The van der Waals surface area contributed by atoms with Crippen molar-refractivity contribution < 1.29 is 9.47 Å². The number of benzene rings is 1. The van der Waals surface area contributed by atoms with Crippen molar-refractivity contribution in [3.63, 3.8) is 0 Å². The molecular formula is C15H18ClN3O2. The number of halogens is 1. The fourth-order valence-corrected chi connectivity index (χ4v) is 2.48. The maximum Gasteiger partial charge on any atom is 0.179 e. The fourth-order valence-electron chi connectivity index (χ4n) is 2.19. The number of aromatic nitrogens is 2. The summed E-state index contributed by atoms with van der Waals surface area (Å²) >= 11 is 6.22.